The Balaban J connectivity index is 2.40. The molecule has 1 aromatic heterocycles. The number of hydrogen-bond acceptors (Lipinski definition) is 2. The molecule has 0 spiro atoms. The van der Waals surface area contributed by atoms with Crippen molar-refractivity contribution >= 4 is 16.8 Å². The third-order valence-corrected chi connectivity index (χ3v) is 1.27. The van der Waals surface area contributed by atoms with E-state index in [1.54, 1.807) is 18.4 Å². The summed E-state index contributed by atoms with van der Waals surface area (Å²) in [5.41, 5.74) is 0. The third-order valence-electron chi connectivity index (χ3n) is 1.15. The van der Waals surface area contributed by atoms with Gasteiger partial charge in [-0.25, -0.2) is 0 Å². The van der Waals surface area contributed by atoms with Gasteiger partial charge in [-0.15, -0.1) is 0 Å². The summed E-state index contributed by atoms with van der Waals surface area (Å²) in [6.45, 7) is 0. The van der Waals surface area contributed by atoms with E-state index in [2.05, 4.69) is 0 Å². The van der Waals surface area contributed by atoms with Crippen molar-refractivity contribution in [3.8, 4) is 0 Å². The molecular weight excluding hydrogens is 164 g/mol. The molecule has 0 aromatic carbocycles. The summed E-state index contributed by atoms with van der Waals surface area (Å²) < 4.78 is 5.01. The number of allylic oxidation sites excluding steroid dienone is 2. The molecule has 1 rings (SSSR count). The fraction of sp³-hybridized carbons (Fsp3) is 0.125. The molecule has 0 saturated carbocycles. The molecule has 0 N–H and O–H groups in total. The van der Waals surface area contributed by atoms with E-state index in [1.165, 1.54) is 6.08 Å². The van der Waals surface area contributed by atoms with Crippen molar-refractivity contribution in [2.45, 2.75) is 6.42 Å². The Hall–Kier alpha value is -1.02. The van der Waals surface area contributed by atoms with Gasteiger partial charge in [-0.1, -0.05) is 6.08 Å². The first-order valence-electron chi connectivity index (χ1n) is 3.17. The van der Waals surface area contributed by atoms with Crippen LogP contribution in [-0.4, -0.2) is 5.24 Å². The summed E-state index contributed by atoms with van der Waals surface area (Å²) >= 11 is 5.06. The third kappa shape index (κ3) is 3.05. The number of halogens is 1. The van der Waals surface area contributed by atoms with Crippen molar-refractivity contribution in [1.29, 1.82) is 0 Å². The normalized spacial score (nSPS) is 10.6. The van der Waals surface area contributed by atoms with Crippen molar-refractivity contribution in [3.63, 3.8) is 0 Å². The molecule has 0 amide bonds. The Morgan fingerprint density at radius 3 is 3.09 bits per heavy atom. The fourth-order valence-corrected chi connectivity index (χ4v) is 0.786. The summed E-state index contributed by atoms with van der Waals surface area (Å²) in [6, 6.07) is 3.63. The first-order chi connectivity index (χ1) is 5.29. The van der Waals surface area contributed by atoms with Crippen LogP contribution in [0.4, 0.5) is 0 Å². The van der Waals surface area contributed by atoms with Crippen molar-refractivity contribution in [1.82, 2.24) is 0 Å². The molecule has 0 aliphatic heterocycles. The SMILES string of the molecule is O=C(Cl)C=CCc1ccco1. The number of hydrogen-bond donors (Lipinski definition) is 0. The summed E-state index contributed by atoms with van der Waals surface area (Å²) in [5.74, 6) is 0.819. The van der Waals surface area contributed by atoms with Crippen LogP contribution in [0.3, 0.4) is 0 Å². The quantitative estimate of drug-likeness (QED) is 0.514. The van der Waals surface area contributed by atoms with Gasteiger partial charge in [0, 0.05) is 6.42 Å². The molecule has 3 heteroatoms. The lowest BCUT2D eigenvalue weighted by molar-refractivity contribution is -0.107. The lowest BCUT2D eigenvalue weighted by Gasteiger charge is -1.84. The summed E-state index contributed by atoms with van der Waals surface area (Å²) in [5, 5.41) is -0.462. The zero-order chi connectivity index (χ0) is 8.10. The highest BCUT2D eigenvalue weighted by atomic mass is 35.5. The Labute approximate surface area is 69.5 Å². The van der Waals surface area contributed by atoms with Crippen molar-refractivity contribution < 1.29 is 9.21 Å². The van der Waals surface area contributed by atoms with Gasteiger partial charge in [-0.3, -0.25) is 4.79 Å². The number of furan rings is 1. The highest BCUT2D eigenvalue weighted by Crippen LogP contribution is 2.01. The molecule has 2 nitrogen and oxygen atoms in total. The minimum absolute atomic E-state index is 0.462. The average molecular weight is 171 g/mol. The lowest BCUT2D eigenvalue weighted by Crippen LogP contribution is -1.78. The predicted octanol–water partition coefficient (Wildman–Crippen LogP) is 2.14. The predicted molar refractivity (Wildman–Crippen MR) is 42.4 cm³/mol. The molecule has 0 saturated heterocycles. The Bertz CT molecular complexity index is 249. The van der Waals surface area contributed by atoms with E-state index in [9.17, 15) is 4.79 Å². The molecule has 0 unspecified atom stereocenters. The maximum absolute atomic E-state index is 10.2. The largest absolute Gasteiger partial charge is 0.469 e. The van der Waals surface area contributed by atoms with Crippen LogP contribution in [0.25, 0.3) is 0 Å². The Morgan fingerprint density at radius 1 is 1.73 bits per heavy atom. The Morgan fingerprint density at radius 2 is 2.55 bits per heavy atom. The van der Waals surface area contributed by atoms with Gasteiger partial charge in [-0.2, -0.15) is 0 Å². The van der Waals surface area contributed by atoms with Crippen LogP contribution in [0.15, 0.2) is 35.0 Å². The van der Waals surface area contributed by atoms with Gasteiger partial charge in [0.25, 0.3) is 0 Å². The lowest BCUT2D eigenvalue weighted by atomic mass is 10.3. The van der Waals surface area contributed by atoms with E-state index in [1.807, 2.05) is 6.07 Å². The van der Waals surface area contributed by atoms with Gasteiger partial charge in [0.15, 0.2) is 0 Å². The zero-order valence-electron chi connectivity index (χ0n) is 5.79. The number of rotatable bonds is 3. The summed E-state index contributed by atoms with van der Waals surface area (Å²) in [4.78, 5) is 10.2. The van der Waals surface area contributed by atoms with Crippen LogP contribution in [0.2, 0.25) is 0 Å². The standard InChI is InChI=1S/C8H7ClO2/c9-8(10)5-1-3-7-4-2-6-11-7/h1-2,4-6H,3H2. The van der Waals surface area contributed by atoms with Crippen LogP contribution in [0, 0.1) is 0 Å². The maximum atomic E-state index is 10.2. The number of carbonyl (C=O) groups is 1. The fourth-order valence-electron chi connectivity index (χ4n) is 0.696. The second kappa shape index (κ2) is 3.98. The van der Waals surface area contributed by atoms with Crippen LogP contribution in [0.5, 0.6) is 0 Å². The summed E-state index contributed by atoms with van der Waals surface area (Å²) in [6.07, 6.45) is 5.16. The molecule has 0 bridgehead atoms. The van der Waals surface area contributed by atoms with Gasteiger partial charge >= 0.3 is 0 Å². The molecule has 1 aromatic rings. The molecular formula is C8H7ClO2. The smallest absolute Gasteiger partial charge is 0.244 e. The van der Waals surface area contributed by atoms with Crippen LogP contribution >= 0.6 is 11.6 Å². The van der Waals surface area contributed by atoms with Crippen molar-refractivity contribution in [2.75, 3.05) is 0 Å². The first-order valence-corrected chi connectivity index (χ1v) is 3.55. The first kappa shape index (κ1) is 8.08. The highest BCUT2D eigenvalue weighted by Gasteiger charge is 1.90. The van der Waals surface area contributed by atoms with Gasteiger partial charge < -0.3 is 4.42 Å². The van der Waals surface area contributed by atoms with Gasteiger partial charge in [0.2, 0.25) is 5.24 Å². The van der Waals surface area contributed by atoms with E-state index in [0.717, 1.165) is 5.76 Å². The summed E-state index contributed by atoms with van der Waals surface area (Å²) in [7, 11) is 0. The molecule has 0 aliphatic carbocycles. The van der Waals surface area contributed by atoms with E-state index in [0.29, 0.717) is 6.42 Å². The maximum Gasteiger partial charge on any atom is 0.244 e. The molecule has 0 fully saturated rings. The molecule has 1 heterocycles. The zero-order valence-corrected chi connectivity index (χ0v) is 6.54. The van der Waals surface area contributed by atoms with Crippen molar-refractivity contribution in [2.24, 2.45) is 0 Å². The van der Waals surface area contributed by atoms with E-state index in [-0.39, 0.29) is 0 Å². The average Bonchev–Trinajstić information content (AvgIpc) is 2.39. The highest BCUT2D eigenvalue weighted by molar-refractivity contribution is 6.66. The van der Waals surface area contributed by atoms with Crippen molar-refractivity contribution in [3.05, 3.63) is 36.3 Å². The second-order valence-corrected chi connectivity index (χ2v) is 2.36. The molecule has 11 heavy (non-hydrogen) atoms. The molecule has 0 radical (unpaired) electrons. The van der Waals surface area contributed by atoms with Crippen LogP contribution in [-0.2, 0) is 11.2 Å². The minimum Gasteiger partial charge on any atom is -0.469 e. The topological polar surface area (TPSA) is 30.2 Å². The molecule has 0 aliphatic rings. The second-order valence-electron chi connectivity index (χ2n) is 1.99. The van der Waals surface area contributed by atoms with Gasteiger partial charge in [0.05, 0.1) is 6.26 Å². The van der Waals surface area contributed by atoms with Crippen LogP contribution < -0.4 is 0 Å². The minimum atomic E-state index is -0.462. The van der Waals surface area contributed by atoms with E-state index < -0.39 is 5.24 Å². The Kier molecular flexibility index (Phi) is 2.93. The van der Waals surface area contributed by atoms with E-state index >= 15 is 0 Å². The monoisotopic (exact) mass is 170 g/mol. The van der Waals surface area contributed by atoms with Gasteiger partial charge in [-0.05, 0) is 29.8 Å². The molecule has 0 atom stereocenters. The number of carbonyl (C=O) groups excluding carboxylic acids is 1. The van der Waals surface area contributed by atoms with E-state index in [4.69, 9.17) is 16.0 Å². The van der Waals surface area contributed by atoms with Gasteiger partial charge in [0.1, 0.15) is 5.76 Å². The van der Waals surface area contributed by atoms with Crippen LogP contribution in [0.1, 0.15) is 5.76 Å². The molecule has 58 valence electrons.